The van der Waals surface area contributed by atoms with Crippen molar-refractivity contribution >= 4 is 18.5 Å². The fraction of sp³-hybridized carbons (Fsp3) is 0.500. The van der Waals surface area contributed by atoms with Crippen molar-refractivity contribution in [2.45, 2.75) is 31.1 Å². The highest BCUT2D eigenvalue weighted by molar-refractivity contribution is 7.80. The molecule has 1 fully saturated rings. The van der Waals surface area contributed by atoms with E-state index < -0.39 is 0 Å². The normalized spacial score (nSPS) is 14.6. The number of thiol groups is 1. The van der Waals surface area contributed by atoms with Gasteiger partial charge >= 0.3 is 0 Å². The summed E-state index contributed by atoms with van der Waals surface area (Å²) in [6, 6.07) is 4.35. The molecule has 0 unspecified atom stereocenters. The van der Waals surface area contributed by atoms with Crippen LogP contribution in [-0.4, -0.2) is 23.9 Å². The lowest BCUT2D eigenvalue weighted by molar-refractivity contribution is 0.0747. The molecule has 0 aromatic heterocycles. The minimum absolute atomic E-state index is 0.0148. The Kier molecular flexibility index (Phi) is 4.27. The van der Waals surface area contributed by atoms with E-state index >= 15 is 0 Å². The quantitative estimate of drug-likeness (QED) is 0.811. The van der Waals surface area contributed by atoms with Gasteiger partial charge in [0.05, 0.1) is 0 Å². The van der Waals surface area contributed by atoms with Gasteiger partial charge < -0.3 is 4.90 Å². The summed E-state index contributed by atoms with van der Waals surface area (Å²) in [4.78, 5) is 14.4. The number of rotatable bonds is 5. The third-order valence-corrected chi connectivity index (χ3v) is 3.49. The average molecular weight is 267 g/mol. The van der Waals surface area contributed by atoms with Crippen LogP contribution in [0.3, 0.4) is 0 Å². The van der Waals surface area contributed by atoms with Crippen LogP contribution in [0.2, 0.25) is 0 Å². The Labute approximate surface area is 113 Å². The van der Waals surface area contributed by atoms with Gasteiger partial charge in [-0.2, -0.15) is 0 Å². The first-order valence-corrected chi connectivity index (χ1v) is 6.84. The van der Waals surface area contributed by atoms with Gasteiger partial charge in [0, 0.05) is 23.5 Å². The van der Waals surface area contributed by atoms with Gasteiger partial charge in [0.15, 0.2) is 0 Å². The van der Waals surface area contributed by atoms with E-state index in [2.05, 4.69) is 19.6 Å². The summed E-state index contributed by atoms with van der Waals surface area (Å²) in [5.74, 6) is 0.259. The van der Waals surface area contributed by atoms with Crippen LogP contribution in [0.15, 0.2) is 23.1 Å². The van der Waals surface area contributed by atoms with Gasteiger partial charge in [-0.15, -0.1) is 12.6 Å². The van der Waals surface area contributed by atoms with Crippen LogP contribution in [0.5, 0.6) is 0 Å². The van der Waals surface area contributed by atoms with Gasteiger partial charge in [-0.25, -0.2) is 4.39 Å². The summed E-state index contributed by atoms with van der Waals surface area (Å²) in [6.07, 6.45) is 3.37. The number of amides is 1. The van der Waals surface area contributed by atoms with Crippen molar-refractivity contribution < 1.29 is 9.18 Å². The second-order valence-corrected chi connectivity index (χ2v) is 5.34. The molecule has 0 atom stereocenters. The monoisotopic (exact) mass is 267 g/mol. The fourth-order valence-electron chi connectivity index (χ4n) is 1.99. The molecule has 0 aliphatic heterocycles. The maximum absolute atomic E-state index is 13.1. The lowest BCUT2D eigenvalue weighted by Crippen LogP contribution is -2.33. The Balaban J connectivity index is 2.12. The fourth-order valence-corrected chi connectivity index (χ4v) is 2.20. The van der Waals surface area contributed by atoms with Crippen molar-refractivity contribution in [3.8, 4) is 0 Å². The second-order valence-electron chi connectivity index (χ2n) is 4.86. The third-order valence-electron chi connectivity index (χ3n) is 3.15. The number of carbonyl (C=O) groups is 1. The zero-order valence-electron chi connectivity index (χ0n) is 10.5. The predicted octanol–water partition coefficient (Wildman–Crippen LogP) is 3.38. The van der Waals surface area contributed by atoms with Crippen LogP contribution in [-0.2, 0) is 0 Å². The molecule has 0 saturated heterocycles. The third kappa shape index (κ3) is 3.25. The van der Waals surface area contributed by atoms with Gasteiger partial charge in [-0.1, -0.05) is 6.92 Å². The highest BCUT2D eigenvalue weighted by atomic mass is 32.1. The summed E-state index contributed by atoms with van der Waals surface area (Å²) in [6.45, 7) is 3.64. The Morgan fingerprint density at radius 1 is 1.50 bits per heavy atom. The molecule has 4 heteroatoms. The van der Waals surface area contributed by atoms with Crippen molar-refractivity contribution in [1.29, 1.82) is 0 Å². The summed E-state index contributed by atoms with van der Waals surface area (Å²) >= 11 is 4.02. The van der Waals surface area contributed by atoms with Gasteiger partial charge in [0.2, 0.25) is 0 Å². The SMILES string of the molecule is CCCN(CC1CC1)C(=O)c1ccc(F)c(S)c1. The van der Waals surface area contributed by atoms with Crippen LogP contribution in [0, 0.1) is 11.7 Å². The minimum atomic E-state index is -0.390. The Bertz CT molecular complexity index is 445. The van der Waals surface area contributed by atoms with Crippen LogP contribution in [0.4, 0.5) is 4.39 Å². The topological polar surface area (TPSA) is 20.3 Å². The van der Waals surface area contributed by atoms with Crippen LogP contribution >= 0.6 is 12.6 Å². The Morgan fingerprint density at radius 2 is 2.22 bits per heavy atom. The van der Waals surface area contributed by atoms with Crippen molar-refractivity contribution in [2.24, 2.45) is 5.92 Å². The Morgan fingerprint density at radius 3 is 2.78 bits per heavy atom. The number of carbonyl (C=O) groups excluding carboxylic acids is 1. The van der Waals surface area contributed by atoms with E-state index in [9.17, 15) is 9.18 Å². The lowest BCUT2D eigenvalue weighted by Gasteiger charge is -2.22. The summed E-state index contributed by atoms with van der Waals surface area (Å²) in [5, 5.41) is 0. The molecule has 0 radical (unpaired) electrons. The average Bonchev–Trinajstić information content (AvgIpc) is 3.15. The molecule has 98 valence electrons. The highest BCUT2D eigenvalue weighted by Crippen LogP contribution is 2.30. The summed E-state index contributed by atoms with van der Waals surface area (Å²) < 4.78 is 13.1. The second kappa shape index (κ2) is 5.74. The number of nitrogens with zero attached hydrogens (tertiary/aromatic N) is 1. The molecule has 0 N–H and O–H groups in total. The molecule has 0 bridgehead atoms. The van der Waals surface area contributed by atoms with E-state index in [1.807, 2.05) is 4.90 Å². The molecule has 2 nitrogen and oxygen atoms in total. The molecular weight excluding hydrogens is 249 g/mol. The molecule has 0 spiro atoms. The first-order chi connectivity index (χ1) is 8.61. The maximum Gasteiger partial charge on any atom is 0.253 e. The van der Waals surface area contributed by atoms with Gasteiger partial charge in [0.1, 0.15) is 5.82 Å². The minimum Gasteiger partial charge on any atom is -0.338 e. The molecule has 1 aromatic carbocycles. The van der Waals surface area contributed by atoms with Crippen molar-refractivity contribution in [2.75, 3.05) is 13.1 Å². The van der Waals surface area contributed by atoms with E-state index in [-0.39, 0.29) is 16.6 Å². The molecule has 1 aromatic rings. The highest BCUT2D eigenvalue weighted by Gasteiger charge is 2.26. The van der Waals surface area contributed by atoms with E-state index in [1.54, 1.807) is 0 Å². The first-order valence-electron chi connectivity index (χ1n) is 6.39. The summed E-state index contributed by atoms with van der Waals surface area (Å²) in [7, 11) is 0. The van der Waals surface area contributed by atoms with Crippen LogP contribution < -0.4 is 0 Å². The van der Waals surface area contributed by atoms with Crippen molar-refractivity contribution in [3.63, 3.8) is 0 Å². The zero-order chi connectivity index (χ0) is 13.1. The largest absolute Gasteiger partial charge is 0.338 e. The summed E-state index contributed by atoms with van der Waals surface area (Å²) in [5.41, 5.74) is 0.524. The molecule has 0 heterocycles. The number of hydrogen-bond acceptors (Lipinski definition) is 2. The van der Waals surface area contributed by atoms with Crippen molar-refractivity contribution in [1.82, 2.24) is 4.90 Å². The van der Waals surface area contributed by atoms with Crippen molar-refractivity contribution in [3.05, 3.63) is 29.6 Å². The molecule has 2 rings (SSSR count). The molecule has 1 saturated carbocycles. The number of halogens is 1. The van der Waals surface area contributed by atoms with E-state index in [0.29, 0.717) is 11.5 Å². The number of benzene rings is 1. The van der Waals surface area contributed by atoms with Gasteiger partial charge in [-0.05, 0) is 43.4 Å². The van der Waals surface area contributed by atoms with E-state index in [4.69, 9.17) is 0 Å². The van der Waals surface area contributed by atoms with E-state index in [1.165, 1.54) is 31.0 Å². The standard InChI is InChI=1S/C14H18FNOS/c1-2-7-16(9-10-3-4-10)14(17)11-5-6-12(15)13(18)8-11/h5-6,8,10,18H,2-4,7,9H2,1H3. The molecule has 1 amide bonds. The maximum atomic E-state index is 13.1. The molecule has 1 aliphatic carbocycles. The van der Waals surface area contributed by atoms with Crippen LogP contribution in [0.25, 0.3) is 0 Å². The molecular formula is C14H18FNOS. The molecule has 18 heavy (non-hydrogen) atoms. The van der Waals surface area contributed by atoms with E-state index in [0.717, 1.165) is 19.5 Å². The number of hydrogen-bond donors (Lipinski definition) is 1. The van der Waals surface area contributed by atoms with Crippen LogP contribution in [0.1, 0.15) is 36.5 Å². The Hall–Kier alpha value is -1.03. The lowest BCUT2D eigenvalue weighted by atomic mass is 10.2. The predicted molar refractivity (Wildman–Crippen MR) is 72.6 cm³/mol. The zero-order valence-corrected chi connectivity index (χ0v) is 11.4. The van der Waals surface area contributed by atoms with Gasteiger partial charge in [-0.3, -0.25) is 4.79 Å². The smallest absolute Gasteiger partial charge is 0.253 e. The molecule has 1 aliphatic rings. The van der Waals surface area contributed by atoms with Gasteiger partial charge in [0.25, 0.3) is 5.91 Å². The first kappa shape index (κ1) is 13.4.